The van der Waals surface area contributed by atoms with Gasteiger partial charge in [-0.2, -0.15) is 0 Å². The molecule has 264 valence electrons. The average Bonchev–Trinajstić information content (AvgIpc) is 3.41. The molecule has 1 spiro atoms. The molecule has 2 aliphatic heterocycles. The Bertz CT molecular complexity index is 2140. The molecule has 9 rings (SSSR count). The third kappa shape index (κ3) is 6.37. The van der Waals surface area contributed by atoms with Gasteiger partial charge >= 0.3 is 0 Å². The molecule has 0 bridgehead atoms. The zero-order valence-corrected chi connectivity index (χ0v) is 30.3. The summed E-state index contributed by atoms with van der Waals surface area (Å²) in [5, 5.41) is 3.06. The molecule has 0 radical (unpaired) electrons. The maximum atomic E-state index is 14.1. The third-order valence-electron chi connectivity index (χ3n) is 12.1. The normalized spacial score (nSPS) is 22.7. The minimum atomic E-state index is -0.214. The van der Waals surface area contributed by atoms with Crippen molar-refractivity contribution >= 4 is 57.5 Å². The Balaban J connectivity index is 0.882. The molecule has 2 aromatic carbocycles. The van der Waals surface area contributed by atoms with Gasteiger partial charge in [0.15, 0.2) is 5.78 Å². The highest BCUT2D eigenvalue weighted by Gasteiger charge is 2.53. The molecule has 1 N–H and O–H groups in total. The van der Waals surface area contributed by atoms with E-state index in [9.17, 15) is 14.4 Å². The lowest BCUT2D eigenvalue weighted by molar-refractivity contribution is 0.0217. The van der Waals surface area contributed by atoms with Gasteiger partial charge < -0.3 is 15.0 Å². The van der Waals surface area contributed by atoms with Crippen LogP contribution in [0.25, 0.3) is 17.2 Å². The lowest BCUT2D eigenvalue weighted by Gasteiger charge is -2.33. The van der Waals surface area contributed by atoms with Gasteiger partial charge in [0, 0.05) is 48.0 Å². The van der Waals surface area contributed by atoms with Crippen molar-refractivity contribution in [3.05, 3.63) is 117 Å². The van der Waals surface area contributed by atoms with E-state index in [0.29, 0.717) is 42.1 Å². The number of ether oxygens (including phenoxy) is 1. The van der Waals surface area contributed by atoms with Gasteiger partial charge in [0.2, 0.25) is 0 Å². The van der Waals surface area contributed by atoms with Crippen molar-refractivity contribution in [2.24, 2.45) is 23.2 Å². The predicted octanol–water partition coefficient (Wildman–Crippen LogP) is 9.50. The van der Waals surface area contributed by atoms with Crippen LogP contribution in [-0.2, 0) is 4.74 Å². The zero-order valence-electron chi connectivity index (χ0n) is 29.5. The Morgan fingerprint density at radius 2 is 1.79 bits per heavy atom. The highest BCUT2D eigenvalue weighted by molar-refractivity contribution is 7.15. The Morgan fingerprint density at radius 1 is 0.962 bits per heavy atom. The number of para-hydroxylation sites is 1. The first-order chi connectivity index (χ1) is 25.3. The molecule has 3 fully saturated rings. The summed E-state index contributed by atoms with van der Waals surface area (Å²) in [6.45, 7) is 4.05. The second-order valence-corrected chi connectivity index (χ2v) is 16.6. The van der Waals surface area contributed by atoms with Crippen molar-refractivity contribution in [2.45, 2.75) is 58.3 Å². The van der Waals surface area contributed by atoms with E-state index in [0.717, 1.165) is 94.3 Å². The number of Topliss-reactive ketones (excluding diaryl/α,β-unsaturated/α-hetero) is 1. The van der Waals surface area contributed by atoms with Crippen molar-refractivity contribution in [3.8, 4) is 0 Å². The highest BCUT2D eigenvalue weighted by Crippen LogP contribution is 2.61. The van der Waals surface area contributed by atoms with E-state index in [1.807, 2.05) is 54.3 Å². The number of hydrogen-bond acceptors (Lipinski definition) is 6. The minimum absolute atomic E-state index is 0.0962. The van der Waals surface area contributed by atoms with Crippen LogP contribution in [0.15, 0.2) is 78.9 Å². The summed E-state index contributed by atoms with van der Waals surface area (Å²) in [4.78, 5) is 49.4. The van der Waals surface area contributed by atoms with Crippen LogP contribution in [0.3, 0.4) is 0 Å². The SMILES string of the molecule is Cc1ccc(C(=O)Nc2ccc(C(=O)N3CCC(c4ccc(C(=O)CC5CC6CC56)s4)=Cc4ccccc43)cc2)c(C2=CCC3(CCOCC3)C2)n1. The average molecular weight is 710 g/mol. The molecule has 8 heteroatoms. The van der Waals surface area contributed by atoms with Gasteiger partial charge in [-0.05, 0) is 152 Å². The molecule has 3 aliphatic carbocycles. The number of amides is 2. The maximum Gasteiger partial charge on any atom is 0.258 e. The number of carbonyl (C=O) groups excluding carboxylic acids is 3. The number of rotatable bonds is 8. The molecule has 3 atom stereocenters. The van der Waals surface area contributed by atoms with E-state index < -0.39 is 0 Å². The molecule has 7 nitrogen and oxygen atoms in total. The first-order valence-electron chi connectivity index (χ1n) is 18.7. The molecule has 5 aliphatic rings. The Morgan fingerprint density at radius 3 is 2.58 bits per heavy atom. The second kappa shape index (κ2) is 13.4. The van der Waals surface area contributed by atoms with Crippen LogP contribution >= 0.6 is 11.3 Å². The molecule has 2 amide bonds. The highest BCUT2D eigenvalue weighted by atomic mass is 32.1. The number of hydrogen-bond donors (Lipinski definition) is 1. The standard InChI is InChI=1S/C44H43N3O4S/c1-27-6-11-35(41(45-27)31-14-16-44(26-31)17-20-51-21-18-44)42(49)46-34-9-7-28(8-10-34)43(50)47-19-15-30(22-29-4-2-3-5-37(29)47)39-12-13-40(52-39)38(48)25-33-23-32-24-36(32)33/h2-14,22,32-33,36H,15-21,23-26H2,1H3,(H,46,49). The molecule has 2 saturated carbocycles. The van der Waals surface area contributed by atoms with Gasteiger partial charge in [0.25, 0.3) is 11.8 Å². The van der Waals surface area contributed by atoms with Crippen LogP contribution in [-0.4, -0.2) is 42.3 Å². The molecule has 4 aromatic rings. The summed E-state index contributed by atoms with van der Waals surface area (Å²) in [6.07, 6.45) is 12.3. The van der Waals surface area contributed by atoms with Gasteiger partial charge in [0.05, 0.1) is 21.8 Å². The van der Waals surface area contributed by atoms with Crippen LogP contribution in [0.5, 0.6) is 0 Å². The van der Waals surface area contributed by atoms with Crippen molar-refractivity contribution in [3.63, 3.8) is 0 Å². The van der Waals surface area contributed by atoms with Crippen molar-refractivity contribution < 1.29 is 19.1 Å². The number of carbonyl (C=O) groups is 3. The Labute approximate surface area is 308 Å². The summed E-state index contributed by atoms with van der Waals surface area (Å²) < 4.78 is 5.63. The molecule has 52 heavy (non-hydrogen) atoms. The fourth-order valence-corrected chi connectivity index (χ4v) is 9.88. The van der Waals surface area contributed by atoms with E-state index in [2.05, 4.69) is 23.5 Å². The number of allylic oxidation sites excluding steroid dienone is 2. The monoisotopic (exact) mass is 709 g/mol. The number of pyridine rings is 1. The van der Waals surface area contributed by atoms with Crippen LogP contribution in [0.1, 0.15) is 104 Å². The summed E-state index contributed by atoms with van der Waals surface area (Å²) in [5.74, 6) is 2.24. The third-order valence-corrected chi connectivity index (χ3v) is 13.3. The van der Waals surface area contributed by atoms with Crippen LogP contribution in [0.2, 0.25) is 0 Å². The van der Waals surface area contributed by atoms with Crippen LogP contribution in [0.4, 0.5) is 11.4 Å². The van der Waals surface area contributed by atoms with E-state index in [4.69, 9.17) is 9.72 Å². The van der Waals surface area contributed by atoms with E-state index in [-0.39, 0.29) is 23.0 Å². The summed E-state index contributed by atoms with van der Waals surface area (Å²) >= 11 is 1.58. The fraction of sp³-hybridized carbons (Fsp3) is 0.364. The Kier molecular flexibility index (Phi) is 8.55. The number of benzene rings is 2. The molecule has 2 aromatic heterocycles. The van der Waals surface area contributed by atoms with Gasteiger partial charge in [-0.3, -0.25) is 19.4 Å². The number of aryl methyl sites for hydroxylation is 1. The predicted molar refractivity (Wildman–Crippen MR) is 207 cm³/mol. The number of nitrogens with zero attached hydrogens (tertiary/aromatic N) is 2. The summed E-state index contributed by atoms with van der Waals surface area (Å²) in [7, 11) is 0. The summed E-state index contributed by atoms with van der Waals surface area (Å²) in [6, 6.07) is 22.9. The number of fused-ring (bicyclic) bond motifs is 2. The van der Waals surface area contributed by atoms with Crippen LogP contribution < -0.4 is 10.2 Å². The van der Waals surface area contributed by atoms with E-state index >= 15 is 0 Å². The van der Waals surface area contributed by atoms with Gasteiger partial charge in [0.1, 0.15) is 0 Å². The molecule has 3 unspecified atom stereocenters. The second-order valence-electron chi connectivity index (χ2n) is 15.5. The van der Waals surface area contributed by atoms with Crippen molar-refractivity contribution in [1.82, 2.24) is 4.98 Å². The molecular formula is C44H43N3O4S. The van der Waals surface area contributed by atoms with Crippen LogP contribution in [0, 0.1) is 30.1 Å². The maximum absolute atomic E-state index is 14.1. The van der Waals surface area contributed by atoms with Crippen molar-refractivity contribution in [2.75, 3.05) is 30.0 Å². The quantitative estimate of drug-likeness (QED) is 0.184. The Hall–Kier alpha value is -4.66. The lowest BCUT2D eigenvalue weighted by Crippen LogP contribution is -2.32. The zero-order chi connectivity index (χ0) is 35.4. The van der Waals surface area contributed by atoms with Gasteiger partial charge in [-0.15, -0.1) is 11.3 Å². The largest absolute Gasteiger partial charge is 0.381 e. The van der Waals surface area contributed by atoms with Crippen molar-refractivity contribution in [1.29, 1.82) is 0 Å². The minimum Gasteiger partial charge on any atom is -0.381 e. The lowest BCUT2D eigenvalue weighted by atomic mass is 9.77. The number of thiophene rings is 1. The first-order valence-corrected chi connectivity index (χ1v) is 19.6. The smallest absolute Gasteiger partial charge is 0.258 e. The molecule has 1 saturated heterocycles. The number of anilines is 2. The van der Waals surface area contributed by atoms with Gasteiger partial charge in [-0.1, -0.05) is 24.3 Å². The first kappa shape index (κ1) is 33.2. The summed E-state index contributed by atoms with van der Waals surface area (Å²) in [5.41, 5.74) is 7.69. The number of nitrogens with one attached hydrogen (secondary N) is 1. The number of aromatic nitrogens is 1. The number of ketones is 1. The topological polar surface area (TPSA) is 88.6 Å². The molecule has 4 heterocycles. The van der Waals surface area contributed by atoms with E-state index in [1.165, 1.54) is 12.8 Å². The fourth-order valence-electron chi connectivity index (χ4n) is 8.88. The van der Waals surface area contributed by atoms with E-state index in [1.54, 1.807) is 35.6 Å². The van der Waals surface area contributed by atoms with Gasteiger partial charge in [-0.25, -0.2) is 0 Å². The molecular weight excluding hydrogens is 667 g/mol.